The highest BCUT2D eigenvalue weighted by molar-refractivity contribution is 5.80. The predicted molar refractivity (Wildman–Crippen MR) is 88.4 cm³/mol. The zero-order valence-corrected chi connectivity index (χ0v) is 14.7. The largest absolute Gasteiger partial charge is 0.469 e. The van der Waals surface area contributed by atoms with Crippen LogP contribution in [0.25, 0.3) is 0 Å². The third-order valence-electron chi connectivity index (χ3n) is 3.18. The first-order valence-electron chi connectivity index (χ1n) is 7.82. The molecule has 0 saturated heterocycles. The average Bonchev–Trinajstić information content (AvgIpc) is 2.40. The summed E-state index contributed by atoms with van der Waals surface area (Å²) in [5.74, 6) is 0.306. The molecule has 2 atom stereocenters. The molecule has 0 heterocycles. The number of guanidine groups is 1. The van der Waals surface area contributed by atoms with E-state index in [9.17, 15) is 4.79 Å². The molecule has 0 fully saturated rings. The molecule has 0 aliphatic carbocycles. The lowest BCUT2D eigenvalue weighted by Gasteiger charge is -2.23. The quantitative estimate of drug-likeness (QED) is 0.431. The van der Waals surface area contributed by atoms with Crippen molar-refractivity contribution in [2.24, 2.45) is 16.3 Å². The van der Waals surface area contributed by atoms with Crippen molar-refractivity contribution in [3.63, 3.8) is 0 Å². The number of methoxy groups -OCH3 is 1. The van der Waals surface area contributed by atoms with Crippen molar-refractivity contribution < 1.29 is 9.53 Å². The summed E-state index contributed by atoms with van der Waals surface area (Å²) in [6, 6.07) is 0.343. The number of hydrogen-bond donors (Lipinski definition) is 2. The molecule has 124 valence electrons. The fourth-order valence-corrected chi connectivity index (χ4v) is 1.78. The molecular weight excluding hydrogens is 266 g/mol. The smallest absolute Gasteiger partial charge is 0.310 e. The van der Waals surface area contributed by atoms with Crippen molar-refractivity contribution in [1.29, 1.82) is 0 Å². The van der Waals surface area contributed by atoms with E-state index in [1.807, 2.05) is 13.8 Å². The van der Waals surface area contributed by atoms with Gasteiger partial charge in [-0.3, -0.25) is 9.79 Å². The second-order valence-corrected chi connectivity index (χ2v) is 6.79. The van der Waals surface area contributed by atoms with Gasteiger partial charge in [-0.15, -0.1) is 0 Å². The Morgan fingerprint density at radius 2 is 1.90 bits per heavy atom. The average molecular weight is 299 g/mol. The maximum atomic E-state index is 11.4. The summed E-state index contributed by atoms with van der Waals surface area (Å²) in [6.45, 7) is 14.0. The minimum Gasteiger partial charge on any atom is -0.469 e. The fourth-order valence-electron chi connectivity index (χ4n) is 1.78. The molecule has 0 aromatic carbocycles. The van der Waals surface area contributed by atoms with Crippen molar-refractivity contribution in [3.05, 3.63) is 0 Å². The summed E-state index contributed by atoms with van der Waals surface area (Å²) in [5, 5.41) is 6.60. The Hall–Kier alpha value is -1.26. The molecule has 21 heavy (non-hydrogen) atoms. The van der Waals surface area contributed by atoms with Gasteiger partial charge in [0.05, 0.1) is 19.6 Å². The van der Waals surface area contributed by atoms with Crippen molar-refractivity contribution in [2.75, 3.05) is 20.2 Å². The zero-order valence-electron chi connectivity index (χ0n) is 14.7. The summed E-state index contributed by atoms with van der Waals surface area (Å²) < 4.78 is 4.71. The zero-order chi connectivity index (χ0) is 16.5. The lowest BCUT2D eigenvalue weighted by molar-refractivity contribution is -0.144. The number of nitrogens with zero attached hydrogens (tertiary/aromatic N) is 1. The highest BCUT2D eigenvalue weighted by atomic mass is 16.5. The van der Waals surface area contributed by atoms with Gasteiger partial charge in [-0.2, -0.15) is 0 Å². The number of carbonyl (C=O) groups excluding carboxylic acids is 1. The first-order valence-corrected chi connectivity index (χ1v) is 7.82. The van der Waals surface area contributed by atoms with Gasteiger partial charge in [0.25, 0.3) is 0 Å². The van der Waals surface area contributed by atoms with E-state index < -0.39 is 0 Å². The van der Waals surface area contributed by atoms with Crippen LogP contribution in [0.1, 0.15) is 54.4 Å². The minimum atomic E-state index is -0.227. The predicted octanol–water partition coefficient (Wildman–Crippen LogP) is 2.57. The van der Waals surface area contributed by atoms with E-state index in [0.29, 0.717) is 18.0 Å². The SMILES string of the molecule is CCNC(=NCC(C)C(=O)OC)NC(C)CCC(C)(C)C. The van der Waals surface area contributed by atoms with Crippen LogP contribution in [0.15, 0.2) is 4.99 Å². The summed E-state index contributed by atoms with van der Waals surface area (Å²) in [4.78, 5) is 15.8. The van der Waals surface area contributed by atoms with Gasteiger partial charge in [-0.25, -0.2) is 0 Å². The molecule has 0 aliphatic rings. The molecule has 0 amide bonds. The normalized spacial score (nSPS) is 15.3. The Balaban J connectivity index is 4.43. The van der Waals surface area contributed by atoms with Gasteiger partial charge in [0.2, 0.25) is 0 Å². The number of hydrogen-bond acceptors (Lipinski definition) is 3. The Labute approximate surface area is 129 Å². The van der Waals surface area contributed by atoms with Gasteiger partial charge in [0.1, 0.15) is 0 Å². The van der Waals surface area contributed by atoms with E-state index >= 15 is 0 Å². The van der Waals surface area contributed by atoms with E-state index in [4.69, 9.17) is 4.74 Å². The molecule has 0 radical (unpaired) electrons. The fraction of sp³-hybridized carbons (Fsp3) is 0.875. The van der Waals surface area contributed by atoms with E-state index in [1.165, 1.54) is 7.11 Å². The van der Waals surface area contributed by atoms with Crippen LogP contribution >= 0.6 is 0 Å². The van der Waals surface area contributed by atoms with Gasteiger partial charge >= 0.3 is 5.97 Å². The highest BCUT2D eigenvalue weighted by Crippen LogP contribution is 2.21. The van der Waals surface area contributed by atoms with Crippen LogP contribution in [0.4, 0.5) is 0 Å². The number of carbonyl (C=O) groups is 1. The molecule has 0 spiro atoms. The second kappa shape index (κ2) is 9.64. The first-order chi connectivity index (χ1) is 9.69. The third kappa shape index (κ3) is 10.2. The molecule has 5 heteroatoms. The molecule has 2 N–H and O–H groups in total. The number of rotatable bonds is 7. The van der Waals surface area contributed by atoms with Crippen molar-refractivity contribution >= 4 is 11.9 Å². The molecule has 0 aromatic heterocycles. The standard InChI is InChI=1S/C16H33N3O2/c1-8-17-15(18-11-12(2)14(20)21-7)19-13(3)9-10-16(4,5)6/h12-13H,8-11H2,1-7H3,(H2,17,18,19). The van der Waals surface area contributed by atoms with Gasteiger partial charge in [-0.1, -0.05) is 27.7 Å². The van der Waals surface area contributed by atoms with Crippen LogP contribution in [0, 0.1) is 11.3 Å². The maximum Gasteiger partial charge on any atom is 0.310 e. The van der Waals surface area contributed by atoms with Crippen LogP contribution in [0.5, 0.6) is 0 Å². The van der Waals surface area contributed by atoms with E-state index in [2.05, 4.69) is 43.3 Å². The third-order valence-corrected chi connectivity index (χ3v) is 3.18. The lowest BCUT2D eigenvalue weighted by atomic mass is 9.89. The number of esters is 1. The van der Waals surface area contributed by atoms with Crippen LogP contribution in [0.3, 0.4) is 0 Å². The maximum absolute atomic E-state index is 11.4. The molecule has 0 aromatic rings. The molecule has 0 aliphatic heterocycles. The molecular formula is C16H33N3O2. The number of ether oxygens (including phenoxy) is 1. The van der Waals surface area contributed by atoms with Crippen molar-refractivity contribution in [2.45, 2.75) is 60.4 Å². The summed E-state index contributed by atoms with van der Waals surface area (Å²) in [6.07, 6.45) is 2.24. The van der Waals surface area contributed by atoms with Crippen LogP contribution in [-0.4, -0.2) is 38.2 Å². The Morgan fingerprint density at radius 3 is 2.38 bits per heavy atom. The summed E-state index contributed by atoms with van der Waals surface area (Å²) >= 11 is 0. The van der Waals surface area contributed by atoms with Gasteiger partial charge in [-0.05, 0) is 32.1 Å². The van der Waals surface area contributed by atoms with Gasteiger partial charge in [0, 0.05) is 12.6 Å². The lowest BCUT2D eigenvalue weighted by Crippen LogP contribution is -2.42. The molecule has 2 unspecified atom stereocenters. The van der Waals surface area contributed by atoms with Crippen molar-refractivity contribution in [3.8, 4) is 0 Å². The molecule has 0 saturated carbocycles. The van der Waals surface area contributed by atoms with Crippen LogP contribution < -0.4 is 10.6 Å². The summed E-state index contributed by atoms with van der Waals surface area (Å²) in [7, 11) is 1.40. The van der Waals surface area contributed by atoms with E-state index in [-0.39, 0.29) is 11.9 Å². The van der Waals surface area contributed by atoms with E-state index in [0.717, 1.165) is 25.3 Å². The molecule has 0 rings (SSSR count). The number of aliphatic imine (C=N–C) groups is 1. The van der Waals surface area contributed by atoms with Crippen molar-refractivity contribution in [1.82, 2.24) is 10.6 Å². The monoisotopic (exact) mass is 299 g/mol. The first kappa shape index (κ1) is 19.7. The molecule has 5 nitrogen and oxygen atoms in total. The summed E-state index contributed by atoms with van der Waals surface area (Å²) in [5.41, 5.74) is 0.338. The van der Waals surface area contributed by atoms with Gasteiger partial charge < -0.3 is 15.4 Å². The Kier molecular flexibility index (Phi) is 9.06. The van der Waals surface area contributed by atoms with E-state index in [1.54, 1.807) is 0 Å². The molecule has 0 bridgehead atoms. The van der Waals surface area contributed by atoms with Gasteiger partial charge in [0.15, 0.2) is 5.96 Å². The number of nitrogens with one attached hydrogen (secondary N) is 2. The Bertz CT molecular complexity index is 335. The minimum absolute atomic E-state index is 0.227. The van der Waals surface area contributed by atoms with Crippen LogP contribution in [0.2, 0.25) is 0 Å². The Morgan fingerprint density at radius 1 is 1.29 bits per heavy atom. The van der Waals surface area contributed by atoms with Crippen LogP contribution in [-0.2, 0) is 9.53 Å². The topological polar surface area (TPSA) is 62.7 Å². The second-order valence-electron chi connectivity index (χ2n) is 6.79. The highest BCUT2D eigenvalue weighted by Gasteiger charge is 2.15.